The van der Waals surface area contributed by atoms with Gasteiger partial charge >= 0.3 is 0 Å². The van der Waals surface area contributed by atoms with Crippen LogP contribution in [0.25, 0.3) is 22.6 Å². The van der Waals surface area contributed by atoms with Crippen molar-refractivity contribution in [2.24, 2.45) is 4.99 Å². The van der Waals surface area contributed by atoms with E-state index in [0.717, 1.165) is 11.1 Å². The third-order valence-corrected chi connectivity index (χ3v) is 4.43. The Morgan fingerprint density at radius 3 is 2.68 bits per heavy atom. The summed E-state index contributed by atoms with van der Waals surface area (Å²) >= 11 is 0. The second kappa shape index (κ2) is 7.08. The molecule has 140 valence electrons. The number of aliphatic imine (C=N–C) groups is 1. The van der Waals surface area contributed by atoms with Crippen molar-refractivity contribution in [2.45, 2.75) is 6.92 Å². The van der Waals surface area contributed by atoms with Crippen molar-refractivity contribution in [1.82, 2.24) is 4.98 Å². The maximum absolute atomic E-state index is 10.3. The zero-order valence-corrected chi connectivity index (χ0v) is 15.4. The summed E-state index contributed by atoms with van der Waals surface area (Å²) in [5.41, 5.74) is 3.95. The Balaban J connectivity index is 1.72. The summed E-state index contributed by atoms with van der Waals surface area (Å²) in [6.45, 7) is 1.95. The van der Waals surface area contributed by atoms with Crippen LogP contribution in [0.5, 0.6) is 17.2 Å². The molecule has 0 fully saturated rings. The van der Waals surface area contributed by atoms with Gasteiger partial charge in [0, 0.05) is 11.8 Å². The first kappa shape index (κ1) is 17.6. The zero-order valence-electron chi connectivity index (χ0n) is 15.4. The molecular weight excluding hydrogens is 356 g/mol. The van der Waals surface area contributed by atoms with E-state index in [1.54, 1.807) is 30.3 Å². The molecule has 4 rings (SSSR count). The summed E-state index contributed by atoms with van der Waals surface area (Å²) in [6.07, 6.45) is 1.53. The standard InChI is InChI=1S/C22H18N2O4/c1-13-5-3-7-18-20(13)24-22(28-18)16-11-15(9-10-17(16)25)23-12-14-6-4-8-19(27-2)21(14)26/h3-12,25-26H,1-2H3. The fraction of sp³-hybridized carbons (Fsp3) is 0.0909. The molecule has 3 aromatic carbocycles. The summed E-state index contributed by atoms with van der Waals surface area (Å²) in [5, 5.41) is 20.4. The highest BCUT2D eigenvalue weighted by Crippen LogP contribution is 2.35. The van der Waals surface area contributed by atoms with Crippen LogP contribution in [0.15, 0.2) is 64.0 Å². The molecule has 4 aromatic rings. The van der Waals surface area contributed by atoms with Gasteiger partial charge in [-0.2, -0.15) is 0 Å². The lowest BCUT2D eigenvalue weighted by atomic mass is 10.1. The minimum atomic E-state index is 0.0159. The van der Waals surface area contributed by atoms with Gasteiger partial charge in [-0.15, -0.1) is 0 Å². The lowest BCUT2D eigenvalue weighted by Gasteiger charge is -2.05. The van der Waals surface area contributed by atoms with Crippen molar-refractivity contribution >= 4 is 23.0 Å². The van der Waals surface area contributed by atoms with Crippen molar-refractivity contribution in [3.63, 3.8) is 0 Å². The average molecular weight is 374 g/mol. The van der Waals surface area contributed by atoms with Gasteiger partial charge in [0.05, 0.1) is 18.4 Å². The highest BCUT2D eigenvalue weighted by atomic mass is 16.5. The lowest BCUT2D eigenvalue weighted by molar-refractivity contribution is 0.373. The molecule has 0 atom stereocenters. The molecule has 2 N–H and O–H groups in total. The molecule has 0 saturated heterocycles. The summed E-state index contributed by atoms with van der Waals surface area (Å²) < 4.78 is 10.9. The van der Waals surface area contributed by atoms with Gasteiger partial charge in [0.1, 0.15) is 11.3 Å². The molecular formula is C22H18N2O4. The van der Waals surface area contributed by atoms with Crippen LogP contribution in [0, 0.1) is 6.92 Å². The number of methoxy groups -OCH3 is 1. The van der Waals surface area contributed by atoms with Crippen LogP contribution < -0.4 is 4.74 Å². The predicted octanol–water partition coefficient (Wildman–Crippen LogP) is 4.97. The number of para-hydroxylation sites is 2. The van der Waals surface area contributed by atoms with Crippen molar-refractivity contribution in [3.05, 3.63) is 65.7 Å². The van der Waals surface area contributed by atoms with Crippen LogP contribution in [-0.2, 0) is 0 Å². The van der Waals surface area contributed by atoms with Gasteiger partial charge in [-0.05, 0) is 48.9 Å². The number of nitrogens with zero attached hydrogens (tertiary/aromatic N) is 2. The van der Waals surface area contributed by atoms with E-state index in [1.807, 2.05) is 25.1 Å². The first-order chi connectivity index (χ1) is 13.6. The van der Waals surface area contributed by atoms with Crippen molar-refractivity contribution in [2.75, 3.05) is 7.11 Å². The molecule has 0 unspecified atom stereocenters. The molecule has 0 spiro atoms. The van der Waals surface area contributed by atoms with Crippen LogP contribution >= 0.6 is 0 Å². The first-order valence-electron chi connectivity index (χ1n) is 8.66. The van der Waals surface area contributed by atoms with E-state index in [1.165, 1.54) is 19.4 Å². The number of oxazole rings is 1. The van der Waals surface area contributed by atoms with Gasteiger partial charge in [-0.1, -0.05) is 18.2 Å². The lowest BCUT2D eigenvalue weighted by Crippen LogP contribution is -1.88. The molecule has 28 heavy (non-hydrogen) atoms. The monoisotopic (exact) mass is 374 g/mol. The van der Waals surface area contributed by atoms with E-state index in [2.05, 4.69) is 9.98 Å². The zero-order chi connectivity index (χ0) is 19.7. The minimum absolute atomic E-state index is 0.0159. The third kappa shape index (κ3) is 3.16. The SMILES string of the molecule is COc1cccc(C=Nc2ccc(O)c(-c3nc4c(C)cccc4o3)c2)c1O. The number of aryl methyl sites for hydroxylation is 1. The number of phenols is 2. The maximum atomic E-state index is 10.3. The summed E-state index contributed by atoms with van der Waals surface area (Å²) in [7, 11) is 1.49. The first-order valence-corrected chi connectivity index (χ1v) is 8.66. The van der Waals surface area contributed by atoms with E-state index < -0.39 is 0 Å². The molecule has 0 radical (unpaired) electrons. The predicted molar refractivity (Wildman–Crippen MR) is 108 cm³/mol. The van der Waals surface area contributed by atoms with Crippen LogP contribution in [0.2, 0.25) is 0 Å². The largest absolute Gasteiger partial charge is 0.507 e. The second-order valence-electron chi connectivity index (χ2n) is 6.30. The van der Waals surface area contributed by atoms with Crippen LogP contribution in [-0.4, -0.2) is 28.5 Å². The topological polar surface area (TPSA) is 88.1 Å². The number of rotatable bonds is 4. The van der Waals surface area contributed by atoms with Crippen LogP contribution in [0.3, 0.4) is 0 Å². The molecule has 6 nitrogen and oxygen atoms in total. The number of ether oxygens (including phenoxy) is 1. The Bertz CT molecular complexity index is 1190. The average Bonchev–Trinajstić information content (AvgIpc) is 3.14. The summed E-state index contributed by atoms with van der Waals surface area (Å²) in [6, 6.07) is 15.7. The highest BCUT2D eigenvalue weighted by molar-refractivity contribution is 5.87. The van der Waals surface area contributed by atoms with Gasteiger partial charge in [0.25, 0.3) is 0 Å². The quantitative estimate of drug-likeness (QED) is 0.492. The minimum Gasteiger partial charge on any atom is -0.507 e. The van der Waals surface area contributed by atoms with Crippen molar-refractivity contribution < 1.29 is 19.4 Å². The molecule has 0 amide bonds. The fourth-order valence-electron chi connectivity index (χ4n) is 2.93. The van der Waals surface area contributed by atoms with Gasteiger partial charge in [-0.25, -0.2) is 4.98 Å². The van der Waals surface area contributed by atoms with Gasteiger partial charge in [0.15, 0.2) is 17.1 Å². The molecule has 1 aromatic heterocycles. The molecule has 0 aliphatic heterocycles. The summed E-state index contributed by atoms with van der Waals surface area (Å²) in [4.78, 5) is 8.89. The molecule has 1 heterocycles. The van der Waals surface area contributed by atoms with Gasteiger partial charge < -0.3 is 19.4 Å². The Hall–Kier alpha value is -3.80. The molecule has 0 saturated carbocycles. The Kier molecular flexibility index (Phi) is 4.45. The molecule has 0 aliphatic rings. The Labute approximate surface area is 161 Å². The number of aromatic hydroxyl groups is 2. The normalized spacial score (nSPS) is 11.4. The van der Waals surface area contributed by atoms with E-state index in [0.29, 0.717) is 34.0 Å². The number of phenolic OH excluding ortho intramolecular Hbond substituents is 2. The van der Waals surface area contributed by atoms with E-state index in [4.69, 9.17) is 9.15 Å². The summed E-state index contributed by atoms with van der Waals surface area (Å²) in [5.74, 6) is 0.759. The van der Waals surface area contributed by atoms with Crippen LogP contribution in [0.1, 0.15) is 11.1 Å². The van der Waals surface area contributed by atoms with E-state index in [9.17, 15) is 10.2 Å². The molecule has 6 heteroatoms. The second-order valence-corrected chi connectivity index (χ2v) is 6.30. The Morgan fingerprint density at radius 1 is 1.07 bits per heavy atom. The van der Waals surface area contributed by atoms with Crippen LogP contribution in [0.4, 0.5) is 5.69 Å². The number of hydrogen-bond donors (Lipinski definition) is 2. The number of fused-ring (bicyclic) bond motifs is 1. The van der Waals surface area contributed by atoms with Crippen molar-refractivity contribution in [3.8, 4) is 28.7 Å². The number of aromatic nitrogens is 1. The van der Waals surface area contributed by atoms with E-state index in [-0.39, 0.29) is 11.5 Å². The maximum Gasteiger partial charge on any atom is 0.231 e. The van der Waals surface area contributed by atoms with Gasteiger partial charge in [-0.3, -0.25) is 4.99 Å². The third-order valence-electron chi connectivity index (χ3n) is 4.43. The molecule has 0 bridgehead atoms. The number of hydrogen-bond acceptors (Lipinski definition) is 6. The van der Waals surface area contributed by atoms with Gasteiger partial charge in [0.2, 0.25) is 5.89 Å². The molecule has 0 aliphatic carbocycles. The fourth-order valence-corrected chi connectivity index (χ4v) is 2.93. The van der Waals surface area contributed by atoms with Crippen molar-refractivity contribution in [1.29, 1.82) is 0 Å². The Morgan fingerprint density at radius 2 is 1.89 bits per heavy atom. The number of benzene rings is 3. The van der Waals surface area contributed by atoms with E-state index >= 15 is 0 Å². The smallest absolute Gasteiger partial charge is 0.231 e. The highest BCUT2D eigenvalue weighted by Gasteiger charge is 2.14.